The first-order valence-electron chi connectivity index (χ1n) is 6.81. The van der Waals surface area contributed by atoms with E-state index in [0.29, 0.717) is 0 Å². The molecule has 2 heteroatoms. The predicted octanol–water partition coefficient (Wildman–Crippen LogP) is 2.11. The Morgan fingerprint density at radius 1 is 1.13 bits per heavy atom. The Kier molecular flexibility index (Phi) is 4.45. The fourth-order valence-corrected chi connectivity index (χ4v) is 2.87. The summed E-state index contributed by atoms with van der Waals surface area (Å²) >= 11 is 0. The van der Waals surface area contributed by atoms with E-state index in [4.69, 9.17) is 0 Å². The van der Waals surface area contributed by atoms with Crippen molar-refractivity contribution in [1.29, 1.82) is 0 Å². The van der Waals surface area contributed by atoms with E-state index in [0.717, 1.165) is 18.4 Å². The van der Waals surface area contributed by atoms with E-state index in [-0.39, 0.29) is 0 Å². The lowest BCUT2D eigenvalue weighted by molar-refractivity contribution is 0.123. The van der Waals surface area contributed by atoms with Gasteiger partial charge in [0.2, 0.25) is 0 Å². The molecule has 2 rings (SSSR count). The molecule has 1 saturated heterocycles. The second-order valence-electron chi connectivity index (χ2n) is 5.37. The molecule has 0 radical (unpaired) electrons. The molecule has 0 bridgehead atoms. The Balaban J connectivity index is 1.66. The lowest BCUT2D eigenvalue weighted by Crippen LogP contribution is -2.42. The van der Waals surface area contributed by atoms with E-state index in [1.165, 1.54) is 58.3 Å². The average molecular weight is 210 g/mol. The van der Waals surface area contributed by atoms with Gasteiger partial charge in [0.1, 0.15) is 0 Å². The van der Waals surface area contributed by atoms with Crippen molar-refractivity contribution >= 4 is 0 Å². The maximum atomic E-state index is 3.49. The van der Waals surface area contributed by atoms with E-state index in [9.17, 15) is 0 Å². The minimum Gasteiger partial charge on any atom is -0.317 e. The third kappa shape index (κ3) is 3.46. The van der Waals surface area contributed by atoms with Gasteiger partial charge in [-0.25, -0.2) is 0 Å². The van der Waals surface area contributed by atoms with Gasteiger partial charge < -0.3 is 10.2 Å². The van der Waals surface area contributed by atoms with E-state index in [2.05, 4.69) is 17.1 Å². The molecule has 1 N–H and O–H groups in total. The number of rotatable bonds is 5. The molecule has 1 aliphatic heterocycles. The van der Waals surface area contributed by atoms with Crippen LogP contribution in [0.4, 0.5) is 0 Å². The normalized spacial score (nSPS) is 29.0. The molecule has 0 aromatic heterocycles. The molecule has 0 aromatic carbocycles. The fraction of sp³-hybridized carbons (Fsp3) is 1.00. The van der Waals surface area contributed by atoms with Crippen molar-refractivity contribution in [2.24, 2.45) is 11.8 Å². The summed E-state index contributed by atoms with van der Waals surface area (Å²) < 4.78 is 0. The number of hydrogen-bond acceptors (Lipinski definition) is 2. The van der Waals surface area contributed by atoms with Crippen LogP contribution < -0.4 is 5.32 Å². The highest BCUT2D eigenvalue weighted by Gasteiger charge is 2.24. The third-order valence-electron chi connectivity index (χ3n) is 4.03. The number of piperidine rings is 1. The topological polar surface area (TPSA) is 15.3 Å². The molecular weight excluding hydrogens is 184 g/mol. The summed E-state index contributed by atoms with van der Waals surface area (Å²) in [6.45, 7) is 8.66. The minimum absolute atomic E-state index is 0.916. The molecule has 1 saturated carbocycles. The number of nitrogens with zero attached hydrogens (tertiary/aromatic N) is 1. The molecule has 1 unspecified atom stereocenters. The van der Waals surface area contributed by atoms with Gasteiger partial charge in [-0.15, -0.1) is 0 Å². The minimum atomic E-state index is 0.916. The summed E-state index contributed by atoms with van der Waals surface area (Å²) in [5.41, 5.74) is 0. The van der Waals surface area contributed by atoms with Gasteiger partial charge in [-0.05, 0) is 57.2 Å². The Morgan fingerprint density at radius 2 is 1.93 bits per heavy atom. The molecule has 15 heavy (non-hydrogen) atoms. The van der Waals surface area contributed by atoms with Crippen LogP contribution in [0.3, 0.4) is 0 Å². The Labute approximate surface area is 94.4 Å². The van der Waals surface area contributed by atoms with Crippen molar-refractivity contribution in [3.63, 3.8) is 0 Å². The average Bonchev–Trinajstić information content (AvgIpc) is 2.21. The van der Waals surface area contributed by atoms with E-state index in [1.807, 2.05) is 0 Å². The van der Waals surface area contributed by atoms with Crippen LogP contribution in [0, 0.1) is 11.8 Å². The molecule has 88 valence electrons. The van der Waals surface area contributed by atoms with Crippen LogP contribution in [0.15, 0.2) is 0 Å². The highest BCUT2D eigenvalue weighted by molar-refractivity contribution is 4.79. The van der Waals surface area contributed by atoms with Crippen molar-refractivity contribution < 1.29 is 0 Å². The first kappa shape index (κ1) is 11.4. The largest absolute Gasteiger partial charge is 0.317 e. The lowest BCUT2D eigenvalue weighted by atomic mass is 9.84. The van der Waals surface area contributed by atoms with Crippen molar-refractivity contribution in [2.45, 2.75) is 39.0 Å². The third-order valence-corrected chi connectivity index (χ3v) is 4.03. The van der Waals surface area contributed by atoms with Gasteiger partial charge >= 0.3 is 0 Å². The zero-order valence-electron chi connectivity index (χ0n) is 10.2. The second-order valence-corrected chi connectivity index (χ2v) is 5.37. The zero-order valence-corrected chi connectivity index (χ0v) is 10.2. The highest BCUT2D eigenvalue weighted by atomic mass is 15.1. The Morgan fingerprint density at radius 3 is 2.60 bits per heavy atom. The van der Waals surface area contributed by atoms with Gasteiger partial charge in [0.05, 0.1) is 0 Å². The van der Waals surface area contributed by atoms with Gasteiger partial charge in [0.25, 0.3) is 0 Å². The summed E-state index contributed by atoms with van der Waals surface area (Å²) in [6.07, 6.45) is 7.33. The smallest absolute Gasteiger partial charge is 0.00219 e. The van der Waals surface area contributed by atoms with Crippen molar-refractivity contribution in [3.05, 3.63) is 0 Å². The summed E-state index contributed by atoms with van der Waals surface area (Å²) in [7, 11) is 0. The predicted molar refractivity (Wildman–Crippen MR) is 65.0 cm³/mol. The molecule has 2 aliphatic rings. The molecule has 0 spiro atoms. The van der Waals surface area contributed by atoms with Crippen molar-refractivity contribution in [2.75, 3.05) is 32.7 Å². The highest BCUT2D eigenvalue weighted by Crippen LogP contribution is 2.28. The second kappa shape index (κ2) is 5.86. The first-order valence-corrected chi connectivity index (χ1v) is 6.81. The van der Waals surface area contributed by atoms with Crippen LogP contribution in [0.5, 0.6) is 0 Å². The molecule has 2 nitrogen and oxygen atoms in total. The molecule has 1 atom stereocenters. The van der Waals surface area contributed by atoms with E-state index < -0.39 is 0 Å². The van der Waals surface area contributed by atoms with Gasteiger partial charge in [0, 0.05) is 13.1 Å². The fourth-order valence-electron chi connectivity index (χ4n) is 2.87. The molecule has 2 fully saturated rings. The first-order chi connectivity index (χ1) is 7.38. The Bertz CT molecular complexity index is 177. The van der Waals surface area contributed by atoms with Crippen LogP contribution >= 0.6 is 0 Å². The van der Waals surface area contributed by atoms with Crippen molar-refractivity contribution in [3.8, 4) is 0 Å². The van der Waals surface area contributed by atoms with E-state index >= 15 is 0 Å². The Hall–Kier alpha value is -0.0800. The van der Waals surface area contributed by atoms with Gasteiger partial charge in [0.15, 0.2) is 0 Å². The monoisotopic (exact) mass is 210 g/mol. The van der Waals surface area contributed by atoms with Gasteiger partial charge in [-0.1, -0.05) is 13.3 Å². The van der Waals surface area contributed by atoms with Gasteiger partial charge in [-0.3, -0.25) is 0 Å². The quantitative estimate of drug-likeness (QED) is 0.747. The number of nitrogens with one attached hydrogen (secondary N) is 1. The summed E-state index contributed by atoms with van der Waals surface area (Å²) in [5, 5.41) is 3.49. The SMILES string of the molecule is CCNCC1CCCN(CC2CCC2)C1. The summed E-state index contributed by atoms with van der Waals surface area (Å²) in [5.74, 6) is 1.96. The standard InChI is InChI=1S/C13H26N2/c1-2-14-9-13-7-4-8-15(11-13)10-12-5-3-6-12/h12-14H,2-11H2,1H3. The van der Waals surface area contributed by atoms with Crippen LogP contribution in [-0.4, -0.2) is 37.6 Å². The van der Waals surface area contributed by atoms with Crippen LogP contribution in [0.25, 0.3) is 0 Å². The van der Waals surface area contributed by atoms with Crippen LogP contribution in [0.2, 0.25) is 0 Å². The van der Waals surface area contributed by atoms with Crippen molar-refractivity contribution in [1.82, 2.24) is 10.2 Å². The lowest BCUT2D eigenvalue weighted by Gasteiger charge is -2.37. The molecule has 0 aromatic rings. The molecule has 1 aliphatic carbocycles. The maximum Gasteiger partial charge on any atom is 0.00219 e. The molecule has 0 amide bonds. The van der Waals surface area contributed by atoms with Gasteiger partial charge in [-0.2, -0.15) is 0 Å². The number of likely N-dealkylation sites (tertiary alicyclic amines) is 1. The summed E-state index contributed by atoms with van der Waals surface area (Å²) in [4.78, 5) is 2.72. The zero-order chi connectivity index (χ0) is 10.5. The van der Waals surface area contributed by atoms with Crippen LogP contribution in [-0.2, 0) is 0 Å². The molecule has 1 heterocycles. The summed E-state index contributed by atoms with van der Waals surface area (Å²) in [6, 6.07) is 0. The molecular formula is C13H26N2. The van der Waals surface area contributed by atoms with Crippen LogP contribution in [0.1, 0.15) is 39.0 Å². The number of hydrogen-bond donors (Lipinski definition) is 1. The van der Waals surface area contributed by atoms with E-state index in [1.54, 1.807) is 0 Å². The maximum absolute atomic E-state index is 3.49.